The van der Waals surface area contributed by atoms with Crippen LogP contribution in [0.5, 0.6) is 5.88 Å². The average molecular weight is 559 g/mol. The summed E-state index contributed by atoms with van der Waals surface area (Å²) in [5, 5.41) is 18.3. The highest BCUT2D eigenvalue weighted by atomic mass is 32.1. The van der Waals surface area contributed by atoms with E-state index in [9.17, 15) is 14.3 Å². The molecule has 1 saturated heterocycles. The van der Waals surface area contributed by atoms with Crippen LogP contribution in [-0.4, -0.2) is 38.3 Å². The summed E-state index contributed by atoms with van der Waals surface area (Å²) in [5.74, 6) is 0.424. The quantitative estimate of drug-likeness (QED) is 0.268. The molecule has 1 fully saturated rings. The smallest absolute Gasteiger partial charge is 0.346 e. The van der Waals surface area contributed by atoms with Crippen LogP contribution < -0.4 is 4.74 Å². The summed E-state index contributed by atoms with van der Waals surface area (Å²) in [7, 11) is 0. The lowest BCUT2D eigenvalue weighted by molar-refractivity contribution is -0.0590. The predicted molar refractivity (Wildman–Crippen MR) is 148 cm³/mol. The minimum absolute atomic E-state index is 0.0269. The van der Waals surface area contributed by atoms with Crippen molar-refractivity contribution in [3.63, 3.8) is 0 Å². The highest BCUT2D eigenvalue weighted by Gasteiger charge is 2.26. The van der Waals surface area contributed by atoms with Crippen molar-refractivity contribution < 1.29 is 23.8 Å². The fourth-order valence-electron chi connectivity index (χ4n) is 5.18. The van der Waals surface area contributed by atoms with Gasteiger partial charge in [0.2, 0.25) is 5.88 Å². The van der Waals surface area contributed by atoms with Crippen molar-refractivity contribution >= 4 is 33.2 Å². The Hall–Kier alpha value is -4.07. The van der Waals surface area contributed by atoms with Gasteiger partial charge in [-0.3, -0.25) is 0 Å². The third kappa shape index (κ3) is 5.48. The first-order valence-electron chi connectivity index (χ1n) is 13.3. The fraction of sp³-hybridized carbons (Fsp3) is 0.333. The number of nitrogens with zero attached hydrogens (tertiary/aromatic N) is 4. The van der Waals surface area contributed by atoms with Crippen molar-refractivity contribution in [2.75, 3.05) is 6.61 Å². The number of halogens is 1. The Labute approximate surface area is 234 Å². The number of ether oxygens (including phenoxy) is 2. The van der Waals surface area contributed by atoms with Crippen molar-refractivity contribution in [2.45, 2.75) is 51.4 Å². The summed E-state index contributed by atoms with van der Waals surface area (Å²) in [5.41, 5.74) is 3.52. The van der Waals surface area contributed by atoms with Crippen molar-refractivity contribution in [1.29, 1.82) is 5.26 Å². The molecule has 2 atom stereocenters. The van der Waals surface area contributed by atoms with E-state index in [0.29, 0.717) is 28.8 Å². The van der Waals surface area contributed by atoms with Crippen LogP contribution in [0.3, 0.4) is 0 Å². The summed E-state index contributed by atoms with van der Waals surface area (Å²) >= 11 is 1.22. The highest BCUT2D eigenvalue weighted by molar-refractivity contribution is 7.20. The van der Waals surface area contributed by atoms with Crippen LogP contribution in [-0.2, 0) is 24.3 Å². The molecule has 0 radical (unpaired) electrons. The normalized spacial score (nSPS) is 18.6. The van der Waals surface area contributed by atoms with Gasteiger partial charge in [0.25, 0.3) is 0 Å². The van der Waals surface area contributed by atoms with Gasteiger partial charge in [0.1, 0.15) is 28.0 Å². The van der Waals surface area contributed by atoms with Gasteiger partial charge in [0.15, 0.2) is 0 Å². The minimum atomic E-state index is -0.926. The second kappa shape index (κ2) is 11.2. The Morgan fingerprint density at radius 3 is 2.83 bits per heavy atom. The minimum Gasteiger partial charge on any atom is -0.477 e. The topological polar surface area (TPSA) is 110 Å². The van der Waals surface area contributed by atoms with Gasteiger partial charge >= 0.3 is 5.97 Å². The second-order valence-electron chi connectivity index (χ2n) is 10.2. The molecular formula is C30H27FN4O4S. The summed E-state index contributed by atoms with van der Waals surface area (Å²) in [6.07, 6.45) is 6.94. The summed E-state index contributed by atoms with van der Waals surface area (Å²) in [6, 6.07) is 13.6. The molecule has 8 nitrogen and oxygen atoms in total. The lowest BCUT2D eigenvalue weighted by atomic mass is 9.86. The van der Waals surface area contributed by atoms with Gasteiger partial charge in [-0.2, -0.15) is 5.26 Å². The van der Waals surface area contributed by atoms with Crippen LogP contribution in [0.2, 0.25) is 0 Å². The maximum absolute atomic E-state index is 14.2. The molecule has 10 heteroatoms. The number of carboxylic acid groups (broad SMARTS) is 1. The molecule has 2 aliphatic rings. The first-order chi connectivity index (χ1) is 19.5. The van der Waals surface area contributed by atoms with Crippen molar-refractivity contribution in [1.82, 2.24) is 14.5 Å². The van der Waals surface area contributed by atoms with Gasteiger partial charge in [-0.1, -0.05) is 18.2 Å². The van der Waals surface area contributed by atoms with E-state index in [0.717, 1.165) is 66.1 Å². The number of pyridine rings is 1. The number of aromatic nitrogens is 3. The predicted octanol–water partition coefficient (Wildman–Crippen LogP) is 6.00. The van der Waals surface area contributed by atoms with Crippen LogP contribution >= 0.6 is 11.3 Å². The first kappa shape index (κ1) is 26.2. The highest BCUT2D eigenvalue weighted by Crippen LogP contribution is 2.34. The van der Waals surface area contributed by atoms with Crippen LogP contribution in [0.4, 0.5) is 4.39 Å². The number of benzene rings is 1. The molecule has 2 unspecified atom stereocenters. The molecule has 6 rings (SSSR count). The van der Waals surface area contributed by atoms with E-state index in [1.807, 2.05) is 18.2 Å². The molecule has 0 bridgehead atoms. The lowest BCUT2D eigenvalue weighted by Crippen LogP contribution is -2.32. The van der Waals surface area contributed by atoms with Crippen molar-refractivity contribution in [3.05, 3.63) is 81.9 Å². The number of fused-ring (bicyclic) bond motifs is 1. The fourth-order valence-corrected chi connectivity index (χ4v) is 6.07. The maximum Gasteiger partial charge on any atom is 0.346 e. The zero-order valence-corrected chi connectivity index (χ0v) is 22.5. The first-order valence-corrected chi connectivity index (χ1v) is 14.1. The van der Waals surface area contributed by atoms with Crippen molar-refractivity contribution in [2.24, 2.45) is 5.92 Å². The molecule has 4 heterocycles. The number of allylic oxidation sites excluding steroid dienone is 2. The number of thiophene rings is 1. The molecule has 4 aromatic rings. The van der Waals surface area contributed by atoms with Crippen LogP contribution in [0, 0.1) is 23.1 Å². The largest absolute Gasteiger partial charge is 0.477 e. The summed E-state index contributed by atoms with van der Waals surface area (Å²) in [4.78, 5) is 22.0. The van der Waals surface area contributed by atoms with Crippen LogP contribution in [0.25, 0.3) is 15.9 Å². The summed E-state index contributed by atoms with van der Waals surface area (Å²) in [6.45, 7) is 1.49. The number of hydrogen-bond acceptors (Lipinski definition) is 7. The van der Waals surface area contributed by atoms with Gasteiger partial charge in [-0.15, -0.1) is 11.3 Å². The molecule has 204 valence electrons. The van der Waals surface area contributed by atoms with E-state index < -0.39 is 11.8 Å². The molecule has 0 amide bonds. The Kier molecular flexibility index (Phi) is 7.32. The Balaban J connectivity index is 1.12. The number of hydrogen-bond donors (Lipinski definition) is 1. The van der Waals surface area contributed by atoms with Gasteiger partial charge in [-0.25, -0.2) is 19.2 Å². The SMILES string of the molecule is N#Cc1ccc(COc2cccc(C3=CCC(Cc4nc5sc(C(=O)O)cc5n4CC4CCO4)CC3)n2)c(F)c1. The van der Waals surface area contributed by atoms with Gasteiger partial charge < -0.3 is 19.1 Å². The average Bonchev–Trinajstić information content (AvgIpc) is 3.49. The molecule has 1 aromatic carbocycles. The molecule has 3 aromatic heterocycles. The molecular weight excluding hydrogens is 531 g/mol. The number of aromatic carboxylic acids is 1. The molecule has 0 saturated carbocycles. The third-order valence-electron chi connectivity index (χ3n) is 7.52. The van der Waals surface area contributed by atoms with E-state index in [1.54, 1.807) is 24.3 Å². The second-order valence-corrected chi connectivity index (χ2v) is 11.2. The van der Waals surface area contributed by atoms with Crippen molar-refractivity contribution in [3.8, 4) is 11.9 Å². The zero-order valence-electron chi connectivity index (χ0n) is 21.7. The van der Waals surface area contributed by atoms with Gasteiger partial charge in [0.05, 0.1) is 35.5 Å². The number of nitriles is 1. The van der Waals surface area contributed by atoms with Crippen LogP contribution in [0.15, 0.2) is 48.5 Å². The molecule has 1 aliphatic heterocycles. The summed E-state index contributed by atoms with van der Waals surface area (Å²) < 4.78 is 27.8. The lowest BCUT2D eigenvalue weighted by Gasteiger charge is -2.28. The van der Waals surface area contributed by atoms with E-state index in [-0.39, 0.29) is 18.3 Å². The monoisotopic (exact) mass is 558 g/mol. The van der Waals surface area contributed by atoms with E-state index in [2.05, 4.69) is 15.6 Å². The molecule has 40 heavy (non-hydrogen) atoms. The maximum atomic E-state index is 14.2. The molecule has 0 spiro atoms. The number of rotatable bonds is 9. The standard InChI is InChI=1S/C30H27FN4O4S/c31-23-12-19(15-32)6-9-21(23)17-39-28-3-1-2-24(33-28)20-7-4-18(5-8-20)13-27-34-29-25(14-26(40-29)30(36)37)35(27)16-22-10-11-38-22/h1-3,6-7,9,12,14,18,22H,4-5,8,10-11,13,16-17H2,(H,36,37). The van der Waals surface area contributed by atoms with Crippen LogP contribution in [0.1, 0.15) is 58.0 Å². The van der Waals surface area contributed by atoms with E-state index >= 15 is 0 Å². The Morgan fingerprint density at radius 2 is 2.12 bits per heavy atom. The number of imidazole rings is 1. The zero-order chi connectivity index (χ0) is 27.6. The number of carbonyl (C=O) groups is 1. The van der Waals surface area contributed by atoms with E-state index in [1.165, 1.54) is 17.4 Å². The van der Waals surface area contributed by atoms with Gasteiger partial charge in [0, 0.05) is 24.7 Å². The number of carboxylic acids is 1. The van der Waals surface area contributed by atoms with E-state index in [4.69, 9.17) is 19.7 Å². The Bertz CT molecular complexity index is 1650. The molecule has 1 aliphatic carbocycles. The molecule has 1 N–H and O–H groups in total. The van der Waals surface area contributed by atoms with Gasteiger partial charge in [-0.05, 0) is 61.4 Å². The third-order valence-corrected chi connectivity index (χ3v) is 8.52. The Morgan fingerprint density at radius 1 is 1.25 bits per heavy atom.